The Kier molecular flexibility index (Phi) is 6.16. The zero-order valence-corrected chi connectivity index (χ0v) is 11.7. The van der Waals surface area contributed by atoms with Gasteiger partial charge < -0.3 is 15.2 Å². The number of ether oxygens (including phenoxy) is 1. The molecule has 1 rings (SSSR count). The van der Waals surface area contributed by atoms with E-state index in [1.54, 1.807) is 7.11 Å². The van der Waals surface area contributed by atoms with Gasteiger partial charge in [-0.3, -0.25) is 0 Å². The average molecular weight is 251 g/mol. The molecule has 1 aromatic rings. The number of rotatable bonds is 8. The molecule has 0 bridgehead atoms. The number of nitrogens with one attached hydrogen (secondary N) is 1. The van der Waals surface area contributed by atoms with Gasteiger partial charge in [0.2, 0.25) is 0 Å². The molecule has 102 valence electrons. The fraction of sp³-hybridized carbons (Fsp3) is 0.600. The first-order chi connectivity index (χ1) is 8.63. The van der Waals surface area contributed by atoms with Gasteiger partial charge in [-0.1, -0.05) is 26.0 Å². The zero-order chi connectivity index (χ0) is 13.4. The van der Waals surface area contributed by atoms with Crippen LogP contribution in [0, 0.1) is 0 Å². The van der Waals surface area contributed by atoms with E-state index < -0.39 is 5.60 Å². The summed E-state index contributed by atoms with van der Waals surface area (Å²) in [5, 5.41) is 13.4. The summed E-state index contributed by atoms with van der Waals surface area (Å²) in [4.78, 5) is 0. The van der Waals surface area contributed by atoms with Crippen LogP contribution >= 0.6 is 0 Å². The molecule has 0 saturated heterocycles. The largest absolute Gasteiger partial charge is 0.497 e. The van der Waals surface area contributed by atoms with E-state index in [-0.39, 0.29) is 0 Å². The van der Waals surface area contributed by atoms with Crippen LogP contribution in [0.15, 0.2) is 24.3 Å². The second-order valence-electron chi connectivity index (χ2n) is 4.71. The van der Waals surface area contributed by atoms with E-state index in [4.69, 9.17) is 4.74 Å². The number of hydrogen-bond acceptors (Lipinski definition) is 3. The van der Waals surface area contributed by atoms with Gasteiger partial charge in [0.1, 0.15) is 5.75 Å². The summed E-state index contributed by atoms with van der Waals surface area (Å²) in [5.41, 5.74) is 0.722. The van der Waals surface area contributed by atoms with Gasteiger partial charge in [0.15, 0.2) is 0 Å². The van der Waals surface area contributed by atoms with Crippen LogP contribution in [0.2, 0.25) is 0 Å². The highest BCUT2D eigenvalue weighted by molar-refractivity contribution is 5.27. The summed E-state index contributed by atoms with van der Waals surface area (Å²) in [6.45, 7) is 5.59. The van der Waals surface area contributed by atoms with E-state index in [1.165, 1.54) is 5.56 Å². The smallest absolute Gasteiger partial charge is 0.118 e. The highest BCUT2D eigenvalue weighted by Crippen LogP contribution is 2.13. The Hall–Kier alpha value is -1.06. The maximum Gasteiger partial charge on any atom is 0.118 e. The van der Waals surface area contributed by atoms with Crippen molar-refractivity contribution in [1.29, 1.82) is 0 Å². The molecule has 0 aliphatic heterocycles. The van der Waals surface area contributed by atoms with Crippen molar-refractivity contribution in [2.24, 2.45) is 0 Å². The van der Waals surface area contributed by atoms with Crippen LogP contribution in [0.5, 0.6) is 5.75 Å². The third-order valence-corrected chi connectivity index (χ3v) is 3.52. The van der Waals surface area contributed by atoms with Gasteiger partial charge >= 0.3 is 0 Å². The van der Waals surface area contributed by atoms with Crippen LogP contribution in [0.3, 0.4) is 0 Å². The summed E-state index contributed by atoms with van der Waals surface area (Å²) in [5.74, 6) is 0.887. The lowest BCUT2D eigenvalue weighted by Gasteiger charge is -2.25. The summed E-state index contributed by atoms with van der Waals surface area (Å²) in [6, 6.07) is 8.10. The Bertz CT molecular complexity index is 331. The van der Waals surface area contributed by atoms with Gasteiger partial charge in [-0.05, 0) is 43.5 Å². The fourth-order valence-electron chi connectivity index (χ4n) is 1.85. The van der Waals surface area contributed by atoms with Crippen LogP contribution in [-0.4, -0.2) is 30.9 Å². The molecule has 0 atom stereocenters. The minimum atomic E-state index is -0.556. The predicted molar refractivity (Wildman–Crippen MR) is 75.1 cm³/mol. The van der Waals surface area contributed by atoms with Gasteiger partial charge in [0.25, 0.3) is 0 Å². The quantitative estimate of drug-likeness (QED) is 0.697. The number of hydrogen-bond donors (Lipinski definition) is 2. The minimum Gasteiger partial charge on any atom is -0.497 e. The maximum absolute atomic E-state index is 10.1. The number of aliphatic hydroxyl groups is 1. The Morgan fingerprint density at radius 2 is 1.78 bits per heavy atom. The second kappa shape index (κ2) is 7.39. The Balaban J connectivity index is 2.29. The van der Waals surface area contributed by atoms with Crippen molar-refractivity contribution in [3.8, 4) is 5.75 Å². The SMILES string of the molecule is CCC(O)(CC)CNCCc1ccc(OC)cc1. The molecule has 0 unspecified atom stereocenters. The van der Waals surface area contributed by atoms with E-state index in [1.807, 2.05) is 26.0 Å². The molecular weight excluding hydrogens is 226 g/mol. The Morgan fingerprint density at radius 3 is 2.28 bits per heavy atom. The molecule has 0 spiro atoms. The van der Waals surface area contributed by atoms with Gasteiger partial charge in [-0.15, -0.1) is 0 Å². The molecule has 0 saturated carbocycles. The van der Waals surface area contributed by atoms with Crippen LogP contribution < -0.4 is 10.1 Å². The van der Waals surface area contributed by atoms with Crippen molar-refractivity contribution in [3.05, 3.63) is 29.8 Å². The molecular formula is C15H25NO2. The first kappa shape index (κ1) is 15.0. The van der Waals surface area contributed by atoms with Crippen molar-refractivity contribution in [2.45, 2.75) is 38.7 Å². The molecule has 18 heavy (non-hydrogen) atoms. The summed E-state index contributed by atoms with van der Waals surface area (Å²) in [7, 11) is 1.67. The second-order valence-corrected chi connectivity index (χ2v) is 4.71. The van der Waals surface area contributed by atoms with E-state index in [2.05, 4.69) is 17.4 Å². The van der Waals surface area contributed by atoms with Gasteiger partial charge in [-0.25, -0.2) is 0 Å². The average Bonchev–Trinajstić information content (AvgIpc) is 2.44. The molecule has 2 N–H and O–H groups in total. The van der Waals surface area contributed by atoms with E-state index >= 15 is 0 Å². The Morgan fingerprint density at radius 1 is 1.17 bits per heavy atom. The summed E-state index contributed by atoms with van der Waals surface area (Å²) >= 11 is 0. The van der Waals surface area contributed by atoms with Crippen molar-refractivity contribution < 1.29 is 9.84 Å². The molecule has 0 aliphatic carbocycles. The van der Waals surface area contributed by atoms with Crippen LogP contribution in [0.4, 0.5) is 0 Å². The highest BCUT2D eigenvalue weighted by Gasteiger charge is 2.20. The molecule has 3 nitrogen and oxygen atoms in total. The monoisotopic (exact) mass is 251 g/mol. The van der Waals surface area contributed by atoms with Crippen molar-refractivity contribution in [3.63, 3.8) is 0 Å². The van der Waals surface area contributed by atoms with Crippen LogP contribution in [0.25, 0.3) is 0 Å². The molecule has 0 heterocycles. The minimum absolute atomic E-state index is 0.556. The van der Waals surface area contributed by atoms with E-state index in [9.17, 15) is 5.11 Å². The third-order valence-electron chi connectivity index (χ3n) is 3.52. The van der Waals surface area contributed by atoms with Gasteiger partial charge in [0.05, 0.1) is 12.7 Å². The summed E-state index contributed by atoms with van der Waals surface area (Å²) in [6.07, 6.45) is 2.55. The molecule has 0 fully saturated rings. The predicted octanol–water partition coefficient (Wildman–Crippen LogP) is 2.38. The number of methoxy groups -OCH3 is 1. The zero-order valence-electron chi connectivity index (χ0n) is 11.7. The maximum atomic E-state index is 10.1. The van der Waals surface area contributed by atoms with E-state index in [0.29, 0.717) is 6.54 Å². The molecule has 0 aromatic heterocycles. The Labute approximate surface area is 110 Å². The highest BCUT2D eigenvalue weighted by atomic mass is 16.5. The topological polar surface area (TPSA) is 41.5 Å². The lowest BCUT2D eigenvalue weighted by molar-refractivity contribution is 0.0328. The molecule has 3 heteroatoms. The van der Waals surface area contributed by atoms with Gasteiger partial charge in [-0.2, -0.15) is 0 Å². The van der Waals surface area contributed by atoms with E-state index in [0.717, 1.165) is 31.6 Å². The summed E-state index contributed by atoms with van der Waals surface area (Å²) < 4.78 is 5.12. The molecule has 1 aromatic carbocycles. The third kappa shape index (κ3) is 4.67. The molecule has 0 amide bonds. The lowest BCUT2D eigenvalue weighted by Crippen LogP contribution is -2.40. The fourth-order valence-corrected chi connectivity index (χ4v) is 1.85. The van der Waals surface area contributed by atoms with Crippen molar-refractivity contribution in [2.75, 3.05) is 20.2 Å². The first-order valence-electron chi connectivity index (χ1n) is 6.69. The van der Waals surface area contributed by atoms with Crippen molar-refractivity contribution in [1.82, 2.24) is 5.32 Å². The normalized spacial score (nSPS) is 11.6. The first-order valence-corrected chi connectivity index (χ1v) is 6.69. The van der Waals surface area contributed by atoms with Crippen LogP contribution in [-0.2, 0) is 6.42 Å². The van der Waals surface area contributed by atoms with Crippen molar-refractivity contribution >= 4 is 0 Å². The molecule has 0 aliphatic rings. The molecule has 0 radical (unpaired) electrons. The number of benzene rings is 1. The standard InChI is InChI=1S/C15H25NO2/c1-4-15(17,5-2)12-16-11-10-13-6-8-14(18-3)9-7-13/h6-9,16-17H,4-5,10-12H2,1-3H3. The van der Waals surface area contributed by atoms with Crippen LogP contribution in [0.1, 0.15) is 32.3 Å². The van der Waals surface area contributed by atoms with Gasteiger partial charge in [0, 0.05) is 6.54 Å². The lowest BCUT2D eigenvalue weighted by atomic mass is 9.97.